The van der Waals surface area contributed by atoms with Crippen molar-refractivity contribution < 1.29 is 9.59 Å². The first-order valence-corrected chi connectivity index (χ1v) is 9.81. The van der Waals surface area contributed by atoms with Gasteiger partial charge in [0, 0.05) is 18.1 Å². The molecule has 0 aliphatic carbocycles. The molecule has 0 aliphatic rings. The van der Waals surface area contributed by atoms with E-state index in [4.69, 9.17) is 11.6 Å². The van der Waals surface area contributed by atoms with Crippen LogP contribution in [0.2, 0.25) is 5.02 Å². The van der Waals surface area contributed by atoms with Crippen LogP contribution in [0.1, 0.15) is 63.9 Å². The predicted octanol–water partition coefficient (Wildman–Crippen LogP) is 4.26. The van der Waals surface area contributed by atoms with Crippen molar-refractivity contribution in [3.8, 4) is 0 Å². The number of carbonyl (C=O) groups is 2. The molecule has 2 amide bonds. The van der Waals surface area contributed by atoms with Gasteiger partial charge in [-0.3, -0.25) is 9.59 Å². The number of hydrogen-bond donors (Lipinski definition) is 2. The Kier molecular flexibility index (Phi) is 11.8. The summed E-state index contributed by atoms with van der Waals surface area (Å²) in [5.41, 5.74) is 1.07. The van der Waals surface area contributed by atoms with Crippen LogP contribution in [-0.4, -0.2) is 24.9 Å². The highest BCUT2D eigenvalue weighted by Crippen LogP contribution is 2.09. The summed E-state index contributed by atoms with van der Waals surface area (Å²) in [6.45, 7) is 3.22. The maximum Gasteiger partial charge on any atom is 0.309 e. The third-order valence-electron chi connectivity index (χ3n) is 4.13. The number of carbonyl (C=O) groups excluding carboxylic acids is 2. The molecule has 2 N–H and O–H groups in total. The minimum Gasteiger partial charge on any atom is -0.348 e. The van der Waals surface area contributed by atoms with Crippen LogP contribution in [-0.2, 0) is 16.0 Å². The maximum atomic E-state index is 11.7. The molecule has 0 spiro atoms. The molecule has 1 rings (SSSR count). The third-order valence-corrected chi connectivity index (χ3v) is 4.39. The molecule has 1 aromatic rings. The van der Waals surface area contributed by atoms with Crippen LogP contribution < -0.4 is 10.6 Å². The zero-order valence-electron chi connectivity index (χ0n) is 15.3. The average molecular weight is 367 g/mol. The Balaban J connectivity index is 2.00. The van der Waals surface area contributed by atoms with Crippen LogP contribution in [0.25, 0.3) is 0 Å². The highest BCUT2D eigenvalue weighted by molar-refractivity contribution is 6.35. The largest absolute Gasteiger partial charge is 0.348 e. The number of hydrogen-bond acceptors (Lipinski definition) is 2. The van der Waals surface area contributed by atoms with Crippen LogP contribution in [0.5, 0.6) is 0 Å². The molecule has 0 radical (unpaired) electrons. The molecule has 0 bridgehead atoms. The molecule has 0 saturated heterocycles. The van der Waals surface area contributed by atoms with Gasteiger partial charge >= 0.3 is 11.8 Å². The van der Waals surface area contributed by atoms with Gasteiger partial charge in [-0.15, -0.1) is 0 Å². The van der Waals surface area contributed by atoms with Gasteiger partial charge in [0.05, 0.1) is 0 Å². The Labute approximate surface area is 156 Å². The highest BCUT2D eigenvalue weighted by Gasteiger charge is 2.11. The van der Waals surface area contributed by atoms with Gasteiger partial charge in [-0.2, -0.15) is 0 Å². The van der Waals surface area contributed by atoms with E-state index in [-0.39, 0.29) is 0 Å². The summed E-state index contributed by atoms with van der Waals surface area (Å²) in [7, 11) is 0. The molecular weight excluding hydrogens is 336 g/mol. The molecule has 0 heterocycles. The summed E-state index contributed by atoms with van der Waals surface area (Å²) >= 11 is 5.82. The van der Waals surface area contributed by atoms with Crippen molar-refractivity contribution in [1.82, 2.24) is 10.6 Å². The first-order chi connectivity index (χ1) is 12.1. The first-order valence-electron chi connectivity index (χ1n) is 9.44. The number of halogens is 1. The minimum absolute atomic E-state index is 0.436. The zero-order valence-corrected chi connectivity index (χ0v) is 16.0. The quantitative estimate of drug-likeness (QED) is 0.429. The van der Waals surface area contributed by atoms with E-state index < -0.39 is 11.8 Å². The molecule has 0 aromatic heterocycles. The number of nitrogens with one attached hydrogen (secondary N) is 2. The summed E-state index contributed by atoms with van der Waals surface area (Å²) < 4.78 is 0. The van der Waals surface area contributed by atoms with Crippen LogP contribution in [0, 0.1) is 0 Å². The van der Waals surface area contributed by atoms with E-state index in [9.17, 15) is 9.59 Å². The molecule has 1 aromatic carbocycles. The monoisotopic (exact) mass is 366 g/mol. The van der Waals surface area contributed by atoms with Crippen molar-refractivity contribution in [3.05, 3.63) is 34.9 Å². The van der Waals surface area contributed by atoms with Gasteiger partial charge in [0.25, 0.3) is 0 Å². The number of unbranched alkanes of at least 4 members (excludes halogenated alkanes) is 7. The molecule has 140 valence electrons. The molecule has 0 unspecified atom stereocenters. The lowest BCUT2D eigenvalue weighted by atomic mass is 10.1. The number of rotatable bonds is 12. The molecule has 5 heteroatoms. The third kappa shape index (κ3) is 10.8. The van der Waals surface area contributed by atoms with E-state index in [0.717, 1.165) is 18.4 Å². The number of benzene rings is 1. The number of amides is 2. The minimum atomic E-state index is -0.562. The molecule has 4 nitrogen and oxygen atoms in total. The van der Waals surface area contributed by atoms with Gasteiger partial charge in [0.15, 0.2) is 0 Å². The fraction of sp³-hybridized carbons (Fsp3) is 0.600. The molecule has 25 heavy (non-hydrogen) atoms. The average Bonchev–Trinajstić information content (AvgIpc) is 2.61. The first kappa shape index (κ1) is 21.5. The smallest absolute Gasteiger partial charge is 0.309 e. The van der Waals surface area contributed by atoms with Crippen LogP contribution in [0.15, 0.2) is 24.3 Å². The lowest BCUT2D eigenvalue weighted by Gasteiger charge is -2.07. The van der Waals surface area contributed by atoms with Gasteiger partial charge in [0.2, 0.25) is 0 Å². The van der Waals surface area contributed by atoms with Crippen molar-refractivity contribution >= 4 is 23.4 Å². The van der Waals surface area contributed by atoms with E-state index in [0.29, 0.717) is 24.5 Å². The van der Waals surface area contributed by atoms with Crippen molar-refractivity contribution in [2.24, 2.45) is 0 Å². The Morgan fingerprint density at radius 3 is 1.92 bits per heavy atom. The summed E-state index contributed by atoms with van der Waals surface area (Å²) in [6.07, 6.45) is 10.4. The molecule has 0 aliphatic heterocycles. The van der Waals surface area contributed by atoms with Crippen molar-refractivity contribution in [2.75, 3.05) is 13.1 Å². The highest BCUT2D eigenvalue weighted by atomic mass is 35.5. The Morgan fingerprint density at radius 1 is 0.800 bits per heavy atom. The van der Waals surface area contributed by atoms with Gasteiger partial charge < -0.3 is 10.6 Å². The summed E-state index contributed by atoms with van der Waals surface area (Å²) in [5.74, 6) is -1.10. The lowest BCUT2D eigenvalue weighted by molar-refractivity contribution is -0.139. The second-order valence-corrected chi connectivity index (χ2v) is 6.80. The van der Waals surface area contributed by atoms with E-state index in [1.165, 1.54) is 38.5 Å². The van der Waals surface area contributed by atoms with Gasteiger partial charge in [-0.05, 0) is 30.5 Å². The van der Waals surface area contributed by atoms with Crippen molar-refractivity contribution in [3.63, 3.8) is 0 Å². The standard InChI is InChI=1S/C20H31ClN2O2/c1-2-3-4-5-6-7-8-9-15-22-19(24)20(25)23-16-14-17-10-12-18(21)13-11-17/h10-13H,2-9,14-16H2,1H3,(H,22,24)(H,23,25). The maximum absolute atomic E-state index is 11.7. The zero-order chi connectivity index (χ0) is 18.3. The van der Waals surface area contributed by atoms with E-state index in [1.807, 2.05) is 24.3 Å². The summed E-state index contributed by atoms with van der Waals surface area (Å²) in [5, 5.41) is 6.01. The fourth-order valence-corrected chi connectivity index (χ4v) is 2.72. The van der Waals surface area contributed by atoms with Gasteiger partial charge in [0.1, 0.15) is 0 Å². The predicted molar refractivity (Wildman–Crippen MR) is 104 cm³/mol. The van der Waals surface area contributed by atoms with Crippen LogP contribution in [0.4, 0.5) is 0 Å². The second kappa shape index (κ2) is 13.7. The van der Waals surface area contributed by atoms with E-state index >= 15 is 0 Å². The Hall–Kier alpha value is -1.55. The van der Waals surface area contributed by atoms with Gasteiger partial charge in [-0.25, -0.2) is 0 Å². The Bertz CT molecular complexity index is 503. The molecule has 0 saturated carbocycles. The summed E-state index contributed by atoms with van der Waals surface area (Å²) in [4.78, 5) is 23.4. The normalized spacial score (nSPS) is 10.5. The topological polar surface area (TPSA) is 58.2 Å². The SMILES string of the molecule is CCCCCCCCCCNC(=O)C(=O)NCCc1ccc(Cl)cc1. The van der Waals surface area contributed by atoms with Gasteiger partial charge in [-0.1, -0.05) is 75.6 Å². The molecule has 0 atom stereocenters. The molecule has 0 fully saturated rings. The molecular formula is C20H31ClN2O2. The van der Waals surface area contributed by atoms with E-state index in [1.54, 1.807) is 0 Å². The van der Waals surface area contributed by atoms with E-state index in [2.05, 4.69) is 17.6 Å². The fourth-order valence-electron chi connectivity index (χ4n) is 2.59. The van der Waals surface area contributed by atoms with Crippen molar-refractivity contribution in [2.45, 2.75) is 64.7 Å². The van der Waals surface area contributed by atoms with Crippen molar-refractivity contribution in [1.29, 1.82) is 0 Å². The van der Waals surface area contributed by atoms with Crippen LogP contribution >= 0.6 is 11.6 Å². The Morgan fingerprint density at radius 2 is 1.32 bits per heavy atom. The lowest BCUT2D eigenvalue weighted by Crippen LogP contribution is -2.40. The van der Waals surface area contributed by atoms with Crippen LogP contribution in [0.3, 0.4) is 0 Å². The second-order valence-electron chi connectivity index (χ2n) is 6.36. The summed E-state index contributed by atoms with van der Waals surface area (Å²) in [6, 6.07) is 7.46.